The Labute approximate surface area is 425 Å². The van der Waals surface area contributed by atoms with Crippen LogP contribution in [0.5, 0.6) is 0 Å². The van der Waals surface area contributed by atoms with Gasteiger partial charge in [0, 0.05) is 42.4 Å². The maximum absolute atomic E-state index is 2.52. The molecule has 12 aromatic rings. The van der Waals surface area contributed by atoms with Gasteiger partial charge in [0.05, 0.1) is 16.8 Å². The minimum atomic E-state index is -0.436. The maximum atomic E-state index is 2.52. The first kappa shape index (κ1) is 42.3. The van der Waals surface area contributed by atoms with E-state index in [1.54, 1.807) is 0 Å². The number of thiophene rings is 1. The number of nitrogens with zero attached hydrogens (tertiary/aromatic N) is 1. The van der Waals surface area contributed by atoms with Gasteiger partial charge in [-0.05, 0) is 120 Å². The number of rotatable bonds is 8. The van der Waals surface area contributed by atoms with Crippen molar-refractivity contribution in [2.24, 2.45) is 0 Å². The van der Waals surface area contributed by atoms with Gasteiger partial charge in [-0.25, -0.2) is 0 Å². The molecule has 0 amide bonds. The molecule has 0 saturated heterocycles. The molecule has 14 rings (SSSR count). The van der Waals surface area contributed by atoms with Crippen molar-refractivity contribution in [3.63, 3.8) is 0 Å². The first-order valence-electron chi connectivity index (χ1n) is 25.1. The molecule has 0 saturated carbocycles. The number of anilines is 3. The molecule has 1 nitrogen and oxygen atoms in total. The number of hydrogen-bond acceptors (Lipinski definition) is 2. The Morgan fingerprint density at radius 1 is 0.333 bits per heavy atom. The molecule has 340 valence electrons. The fourth-order valence-electron chi connectivity index (χ4n) is 12.5. The van der Waals surface area contributed by atoms with E-state index in [2.05, 4.69) is 280 Å². The van der Waals surface area contributed by atoms with Crippen LogP contribution in [0, 0.1) is 0 Å². The van der Waals surface area contributed by atoms with Gasteiger partial charge < -0.3 is 4.90 Å². The molecule has 2 aliphatic rings. The molecule has 1 heterocycles. The van der Waals surface area contributed by atoms with Gasteiger partial charge in [0.25, 0.3) is 0 Å². The van der Waals surface area contributed by atoms with Gasteiger partial charge in [0.15, 0.2) is 0 Å². The van der Waals surface area contributed by atoms with Crippen LogP contribution in [-0.2, 0) is 10.8 Å². The zero-order chi connectivity index (χ0) is 48.0. The summed E-state index contributed by atoms with van der Waals surface area (Å²) < 4.78 is 2.65. The normalized spacial score (nSPS) is 13.6. The number of hydrogen-bond donors (Lipinski definition) is 0. The molecule has 0 radical (unpaired) electrons. The Bertz CT molecular complexity index is 4030. The fourth-order valence-corrected chi connectivity index (χ4v) is 13.7. The second-order valence-electron chi connectivity index (χ2n) is 19.9. The van der Waals surface area contributed by atoms with Crippen molar-refractivity contribution in [1.82, 2.24) is 0 Å². The topological polar surface area (TPSA) is 3.24 Å². The Morgan fingerprint density at radius 3 is 1.67 bits per heavy atom. The van der Waals surface area contributed by atoms with Crippen LogP contribution in [0.3, 0.4) is 0 Å². The van der Waals surface area contributed by atoms with Crippen LogP contribution in [0.4, 0.5) is 17.1 Å². The SMILES string of the molecule is CC1(C)c2ccccc2-c2c(N(c3ccc(-c4cccc5c4sc4ccccc45)cc3)c3ccccc3-c3cccc(-c4ccc5c(c4)-c4ccccc4C5(c4ccccc4)c4ccccc4)c3)cccc21. The van der Waals surface area contributed by atoms with Crippen molar-refractivity contribution < 1.29 is 0 Å². The average molecular weight is 936 g/mol. The fraction of sp³-hybridized carbons (Fsp3) is 0.0571. The molecule has 0 fully saturated rings. The number of benzene rings is 11. The largest absolute Gasteiger partial charge is 0.309 e. The highest BCUT2D eigenvalue weighted by molar-refractivity contribution is 7.26. The third-order valence-corrected chi connectivity index (χ3v) is 17.0. The van der Waals surface area contributed by atoms with E-state index < -0.39 is 5.41 Å². The second kappa shape index (κ2) is 16.5. The molecule has 0 atom stereocenters. The first-order chi connectivity index (χ1) is 35.5. The van der Waals surface area contributed by atoms with Crippen molar-refractivity contribution in [2.45, 2.75) is 24.7 Å². The van der Waals surface area contributed by atoms with Gasteiger partial charge in [-0.2, -0.15) is 0 Å². The van der Waals surface area contributed by atoms with Crippen LogP contribution >= 0.6 is 11.3 Å². The Kier molecular flexibility index (Phi) is 9.71. The molecule has 72 heavy (non-hydrogen) atoms. The summed E-state index contributed by atoms with van der Waals surface area (Å²) in [5, 5.41) is 2.63. The van der Waals surface area contributed by atoms with E-state index in [0.29, 0.717) is 0 Å². The summed E-state index contributed by atoms with van der Waals surface area (Å²) in [6, 6.07) is 97.2. The lowest BCUT2D eigenvalue weighted by atomic mass is 9.67. The molecule has 0 aliphatic heterocycles. The second-order valence-corrected chi connectivity index (χ2v) is 21.0. The van der Waals surface area contributed by atoms with Crippen LogP contribution < -0.4 is 4.90 Å². The standard InChI is InChI=1S/C70H49NS/c1-69(2)60-32-13-10-29-58(60)67-63(69)34-19-36-65(67)71(52-41-38-46(39-42-52)54-30-18-31-57-56-28-12-16-37-66(56)72-68(54)57)64-35-15-11-26-53(64)49-21-17-20-47(44-49)48-40-43-62-59(45-48)55-27-9-14-33-61(55)70(62,50-22-5-3-6-23-50)51-24-7-4-8-25-51/h3-45H,1-2H3. The molecule has 11 aromatic carbocycles. The van der Waals surface area contributed by atoms with Crippen molar-refractivity contribution in [3.8, 4) is 55.6 Å². The minimum Gasteiger partial charge on any atom is -0.309 e. The third-order valence-electron chi connectivity index (χ3n) is 15.8. The lowest BCUT2D eigenvalue weighted by molar-refractivity contribution is 0.660. The molecule has 0 bridgehead atoms. The van der Waals surface area contributed by atoms with Crippen molar-refractivity contribution >= 4 is 48.6 Å². The molecule has 0 spiro atoms. The van der Waals surface area contributed by atoms with Gasteiger partial charge in [0.2, 0.25) is 0 Å². The maximum Gasteiger partial charge on any atom is 0.0713 e. The van der Waals surface area contributed by atoms with Crippen LogP contribution in [0.25, 0.3) is 75.8 Å². The molecular formula is C70H49NS. The van der Waals surface area contributed by atoms with E-state index >= 15 is 0 Å². The van der Waals surface area contributed by atoms with E-state index in [-0.39, 0.29) is 5.41 Å². The van der Waals surface area contributed by atoms with E-state index in [1.165, 1.54) is 115 Å². The summed E-state index contributed by atoms with van der Waals surface area (Å²) >= 11 is 1.88. The zero-order valence-corrected chi connectivity index (χ0v) is 41.0. The minimum absolute atomic E-state index is 0.146. The van der Waals surface area contributed by atoms with Gasteiger partial charge in [0.1, 0.15) is 0 Å². The van der Waals surface area contributed by atoms with Crippen LogP contribution in [0.2, 0.25) is 0 Å². The van der Waals surface area contributed by atoms with Crippen LogP contribution in [0.15, 0.2) is 261 Å². The highest BCUT2D eigenvalue weighted by atomic mass is 32.1. The van der Waals surface area contributed by atoms with Gasteiger partial charge in [-0.15, -0.1) is 11.3 Å². The van der Waals surface area contributed by atoms with E-state index in [9.17, 15) is 0 Å². The Morgan fingerprint density at radius 2 is 0.875 bits per heavy atom. The summed E-state index contributed by atoms with van der Waals surface area (Å²) in [6.07, 6.45) is 0. The molecule has 1 aromatic heterocycles. The van der Waals surface area contributed by atoms with Crippen molar-refractivity contribution in [1.29, 1.82) is 0 Å². The molecule has 2 aliphatic carbocycles. The molecular weight excluding hydrogens is 887 g/mol. The van der Waals surface area contributed by atoms with Crippen molar-refractivity contribution in [2.75, 3.05) is 4.90 Å². The van der Waals surface area contributed by atoms with Gasteiger partial charge >= 0.3 is 0 Å². The summed E-state index contributed by atoms with van der Waals surface area (Å²) in [5.74, 6) is 0. The summed E-state index contributed by atoms with van der Waals surface area (Å²) in [4.78, 5) is 2.52. The monoisotopic (exact) mass is 935 g/mol. The smallest absolute Gasteiger partial charge is 0.0713 e. The highest BCUT2D eigenvalue weighted by Crippen LogP contribution is 2.58. The van der Waals surface area contributed by atoms with E-state index in [4.69, 9.17) is 0 Å². The predicted molar refractivity (Wildman–Crippen MR) is 305 cm³/mol. The molecule has 0 unspecified atom stereocenters. The van der Waals surface area contributed by atoms with Gasteiger partial charge in [-0.3, -0.25) is 0 Å². The lowest BCUT2D eigenvalue weighted by Gasteiger charge is -2.33. The average Bonchev–Trinajstić information content (AvgIpc) is 4.06. The Balaban J connectivity index is 0.922. The number of para-hydroxylation sites is 1. The quantitative estimate of drug-likeness (QED) is 0.147. The van der Waals surface area contributed by atoms with Crippen LogP contribution in [0.1, 0.15) is 47.2 Å². The lowest BCUT2D eigenvalue weighted by Crippen LogP contribution is -2.28. The zero-order valence-electron chi connectivity index (χ0n) is 40.2. The Hall–Kier alpha value is -8.56. The molecule has 0 N–H and O–H groups in total. The predicted octanol–water partition coefficient (Wildman–Crippen LogP) is 19.2. The highest BCUT2D eigenvalue weighted by Gasteiger charge is 2.46. The van der Waals surface area contributed by atoms with Gasteiger partial charge in [-0.1, -0.05) is 232 Å². The molecule has 2 heteroatoms. The summed E-state index contributed by atoms with van der Waals surface area (Å²) in [7, 11) is 0. The van der Waals surface area contributed by atoms with E-state index in [0.717, 1.165) is 11.4 Å². The number of fused-ring (bicyclic) bond motifs is 9. The summed E-state index contributed by atoms with van der Waals surface area (Å²) in [5.41, 5.74) is 23.1. The van der Waals surface area contributed by atoms with Crippen LogP contribution in [-0.4, -0.2) is 0 Å². The third kappa shape index (κ3) is 6.32. The first-order valence-corrected chi connectivity index (χ1v) is 25.9. The van der Waals surface area contributed by atoms with E-state index in [1.807, 2.05) is 11.3 Å². The van der Waals surface area contributed by atoms with Crippen molar-refractivity contribution in [3.05, 3.63) is 294 Å². The summed E-state index contributed by atoms with van der Waals surface area (Å²) in [6.45, 7) is 4.74.